The number of Topliss-reactive ketones (excluding diaryl/α,β-unsaturated/α-hetero) is 2. The summed E-state index contributed by atoms with van der Waals surface area (Å²) in [4.78, 5) is 315. The molecular weight excluding hydrogens is 1790 g/mol. The van der Waals surface area contributed by atoms with Crippen molar-refractivity contribution in [2.45, 2.75) is 244 Å². The van der Waals surface area contributed by atoms with Gasteiger partial charge in [0.25, 0.3) is 23.6 Å². The molecule has 0 bridgehead atoms. The maximum Gasteiger partial charge on any atom is 0.411 e. The van der Waals surface area contributed by atoms with E-state index in [-0.39, 0.29) is 141 Å². The van der Waals surface area contributed by atoms with Crippen LogP contribution in [-0.2, 0) is 115 Å². The monoisotopic (exact) mass is 1900 g/mol. The van der Waals surface area contributed by atoms with Crippen molar-refractivity contribution in [2.24, 2.45) is 22.2 Å². The van der Waals surface area contributed by atoms with Crippen LogP contribution in [0.25, 0.3) is 11.1 Å². The lowest BCUT2D eigenvalue weighted by Crippen LogP contribution is -2.71. The Balaban J connectivity index is 0.553. The molecule has 44 nitrogen and oxygen atoms in total. The van der Waals surface area contributed by atoms with Gasteiger partial charge < -0.3 is 100 Å². The van der Waals surface area contributed by atoms with Gasteiger partial charge in [0.2, 0.25) is 53.2 Å². The Hall–Kier alpha value is -12.9. The van der Waals surface area contributed by atoms with E-state index in [2.05, 4.69) is 42.5 Å². The number of fused-ring (bicyclic) bond motifs is 9. The molecule has 2 aliphatic carbocycles. The van der Waals surface area contributed by atoms with Crippen LogP contribution in [0.1, 0.15) is 162 Å². The minimum atomic E-state index is -2.00. The first-order valence-electron chi connectivity index (χ1n) is 46.7. The number of hydrogen-bond acceptors (Lipinski definition) is 28. The molecule has 15 fully saturated rings. The molecule has 734 valence electrons. The number of methoxy groups -OCH3 is 3. The maximum atomic E-state index is 15.3. The number of likely N-dealkylation sites (tertiary alicyclic amines) is 2. The molecule has 137 heavy (non-hydrogen) atoms. The number of piperidine rings is 1. The van der Waals surface area contributed by atoms with Gasteiger partial charge in [-0.2, -0.15) is 0 Å². The van der Waals surface area contributed by atoms with Crippen molar-refractivity contribution in [1.82, 2.24) is 86.6 Å². The van der Waals surface area contributed by atoms with Crippen LogP contribution in [0.4, 0.5) is 14.4 Å². The van der Waals surface area contributed by atoms with Crippen LogP contribution in [0.3, 0.4) is 0 Å². The van der Waals surface area contributed by atoms with E-state index in [1.165, 1.54) is 33.8 Å². The summed E-state index contributed by atoms with van der Waals surface area (Å²) in [6.45, 7) is 8.54. The van der Waals surface area contributed by atoms with E-state index >= 15 is 28.8 Å². The summed E-state index contributed by atoms with van der Waals surface area (Å²) in [5, 5.41) is 22.4. The van der Waals surface area contributed by atoms with Crippen molar-refractivity contribution in [3.63, 3.8) is 0 Å². The number of piperazine rings is 5. The van der Waals surface area contributed by atoms with Gasteiger partial charge in [0.1, 0.15) is 93.6 Å². The molecule has 0 aromatic heterocycles. The molecule has 2 aromatic carbocycles. The molecule has 16 aliphatic rings. The van der Waals surface area contributed by atoms with E-state index in [0.717, 1.165) is 49.0 Å². The van der Waals surface area contributed by atoms with Gasteiger partial charge in [0, 0.05) is 103 Å². The van der Waals surface area contributed by atoms with Crippen LogP contribution in [0.5, 0.6) is 0 Å². The third-order valence-corrected chi connectivity index (χ3v) is 31.4. The molecule has 18 rings (SSSR count). The second-order valence-electron chi connectivity index (χ2n) is 42.9. The van der Waals surface area contributed by atoms with E-state index < -0.39 is 286 Å². The third kappa shape index (κ3) is 15.6. The van der Waals surface area contributed by atoms with Crippen LogP contribution < -0.4 is 42.5 Å². The molecule has 6 spiro atoms. The molecule has 0 radical (unpaired) electrons. The molecule has 14 aliphatic heterocycles. The lowest BCUT2D eigenvalue weighted by molar-refractivity contribution is -0.156. The Labute approximate surface area is 786 Å². The van der Waals surface area contributed by atoms with E-state index in [1.807, 2.05) is 48.5 Å². The molecule has 14 saturated heterocycles. The SMILES string of the molecule is COC(=O)[C@]1(C)CC2C(=O)N[C@]3(C[C@H]4C(=O)N[C@]5(C[C@@H](C(=O)NCCN(CCCC(=O)C6CC[C@]7(C6)NC(=O)[C@@H]6C[C@]8(CC(=O)[C@@H]9C[C@@](NC(=O)OCC%10c%11ccccc%11-c%11ccccc%11%10)(C(=O)OC)CN9C8=O)CN6C7=O)CCNC(=O)[C@@H]6C[C@@]7(CN6C(=O)OC(C)(C)C)NC(=O)C6C[C@@]8(CN6C7=O)NC(=O)[C@@H]6C[C@@](C)(C(=O)OC)CN6C8=O)N(C(=O)OC(C)(C)C)C5)C(=O)N4C3)C(=O)N2C1. The summed E-state index contributed by atoms with van der Waals surface area (Å²) >= 11 is 0. The quantitative estimate of drug-likeness (QED) is 0.0528. The lowest BCUT2D eigenvalue weighted by atomic mass is 9.74. The minimum Gasteiger partial charge on any atom is -0.469 e. The predicted molar refractivity (Wildman–Crippen MR) is 467 cm³/mol. The number of carbonyl (C=O) groups excluding carboxylic acids is 21. The van der Waals surface area contributed by atoms with Crippen LogP contribution in [0, 0.1) is 22.2 Å². The highest BCUT2D eigenvalue weighted by Crippen LogP contribution is 2.54. The van der Waals surface area contributed by atoms with Crippen molar-refractivity contribution in [3.05, 3.63) is 59.7 Å². The summed E-state index contributed by atoms with van der Waals surface area (Å²) in [6.07, 6.45) is -5.90. The number of ether oxygens (including phenoxy) is 6. The van der Waals surface area contributed by atoms with Gasteiger partial charge in [-0.15, -0.1) is 0 Å². The summed E-state index contributed by atoms with van der Waals surface area (Å²) in [5.41, 5.74) is -13.8. The van der Waals surface area contributed by atoms with Gasteiger partial charge in [-0.1, -0.05) is 48.5 Å². The first-order chi connectivity index (χ1) is 64.5. The van der Waals surface area contributed by atoms with E-state index in [1.54, 1.807) is 60.3 Å². The summed E-state index contributed by atoms with van der Waals surface area (Å²) in [6, 6.07) is 5.26. The molecule has 3 unspecified atom stereocenters. The lowest BCUT2D eigenvalue weighted by Gasteiger charge is -2.42. The second-order valence-corrected chi connectivity index (χ2v) is 42.9. The van der Waals surface area contributed by atoms with Crippen molar-refractivity contribution < 1.29 is 129 Å². The largest absolute Gasteiger partial charge is 0.469 e. The molecule has 1 saturated carbocycles. The highest BCUT2D eigenvalue weighted by atomic mass is 16.6. The topological polar surface area (TPSA) is 539 Å². The Morgan fingerprint density at radius 1 is 0.438 bits per heavy atom. The number of alkyl carbamates (subject to hydrolysis) is 1. The number of rotatable bonds is 19. The van der Waals surface area contributed by atoms with Crippen molar-refractivity contribution >= 4 is 125 Å². The van der Waals surface area contributed by atoms with Crippen LogP contribution >= 0.6 is 0 Å². The number of carbonyl (C=O) groups is 21. The Morgan fingerprint density at radius 2 is 0.839 bits per heavy atom. The van der Waals surface area contributed by atoms with Gasteiger partial charge in [-0.3, -0.25) is 96.2 Å². The molecular formula is C93H115N17O27. The molecule has 14 heterocycles. The number of hydrogen-bond donors (Lipinski definition) is 8. The van der Waals surface area contributed by atoms with Crippen LogP contribution in [0.15, 0.2) is 48.5 Å². The average Bonchev–Trinajstić information content (AvgIpc) is 1.61. The molecule has 16 amide bonds. The average molecular weight is 1900 g/mol. The fourth-order valence-electron chi connectivity index (χ4n) is 24.9. The normalized spacial score (nSPS) is 34.3. The van der Waals surface area contributed by atoms with Gasteiger partial charge in [0.15, 0.2) is 11.3 Å². The smallest absolute Gasteiger partial charge is 0.411 e. The summed E-state index contributed by atoms with van der Waals surface area (Å²) in [5.74, 6) is -13.1. The maximum absolute atomic E-state index is 15.3. The number of benzene rings is 2. The minimum absolute atomic E-state index is 0.0155. The van der Waals surface area contributed by atoms with Gasteiger partial charge >= 0.3 is 36.2 Å². The first-order valence-corrected chi connectivity index (χ1v) is 46.7. The summed E-state index contributed by atoms with van der Waals surface area (Å²) < 4.78 is 32.7. The predicted octanol–water partition coefficient (Wildman–Crippen LogP) is -2.59. The standard InChI is InChI=1S/C93H115N17O27/c1-83(2,3)136-81(130)109-45-91(75(124)107-43-89(36-60(107)69(118)99-91)73(122)103-40-85(7,77(126)132-9)30-55(103)66(115)97-89)34-58(109)64(113)94-24-27-102(28-25-95-65(114)59-35-92(46-110(59)82(131)137-84(4,5)6)76(125)108-44-90(37-61(108)70(119)100-92)74(123)104-41-86(8,78(127)133-10)31-56(104)67(116)98-90)26-16-21-62(111)48-22-23-88(29-48)72(121)105-42-87(32-57(105)68(117)96-88)38-63(112)54-33-93(79(128)134-11,47-106(54)71(87)120)101-80(129)135-39-53-51-19-14-12-17-49(51)50-18-13-15-20-52(50)53/h12-15,17-20,48,53-61H,16,21-47H2,1-11H3,(H,94,113)(H,95,114)(H,96,117)(H,97,115)(H,98,116)(H,99,118)(H,100,119)(H,101,129)/t48?,54-,55-,56?,57-,58-,59-,60?,61-,85+,86+,87-,88+,89-,90-,91-,92-,93-/m0/s1. The highest BCUT2D eigenvalue weighted by Gasteiger charge is 2.73. The van der Waals surface area contributed by atoms with Gasteiger partial charge in [0.05, 0.1) is 76.3 Å². The zero-order chi connectivity index (χ0) is 98.3. The highest BCUT2D eigenvalue weighted by molar-refractivity contribution is 6.11. The van der Waals surface area contributed by atoms with E-state index in [0.29, 0.717) is 0 Å². The van der Waals surface area contributed by atoms with E-state index in [9.17, 15) is 71.9 Å². The van der Waals surface area contributed by atoms with Crippen LogP contribution in [-0.4, -0.2) is 374 Å². The molecule has 44 heteroatoms. The van der Waals surface area contributed by atoms with Crippen LogP contribution in [0.2, 0.25) is 0 Å². The number of amides is 16. The number of nitrogens with zero attached hydrogens (tertiary/aromatic N) is 9. The Kier molecular flexibility index (Phi) is 22.9. The zero-order valence-electron chi connectivity index (χ0n) is 78.2. The number of ketones is 2. The first kappa shape index (κ1) is 94.4. The molecule has 18 atom stereocenters. The van der Waals surface area contributed by atoms with E-state index in [4.69, 9.17) is 28.4 Å². The van der Waals surface area contributed by atoms with Gasteiger partial charge in [-0.05, 0) is 129 Å². The Morgan fingerprint density at radius 3 is 1.29 bits per heavy atom. The Bertz CT molecular complexity index is 5400. The summed E-state index contributed by atoms with van der Waals surface area (Å²) in [7, 11) is 3.49. The van der Waals surface area contributed by atoms with Crippen molar-refractivity contribution in [2.75, 3.05) is 113 Å². The third-order valence-electron chi connectivity index (χ3n) is 31.4. The fourth-order valence-corrected chi connectivity index (χ4v) is 24.9. The number of esters is 3. The number of nitrogens with one attached hydrogen (secondary N) is 8. The molecule has 2 aromatic rings. The van der Waals surface area contributed by atoms with Gasteiger partial charge in [-0.25, -0.2) is 19.2 Å². The second kappa shape index (κ2) is 33.2. The zero-order valence-corrected chi connectivity index (χ0v) is 78.2. The van der Waals surface area contributed by atoms with Crippen molar-refractivity contribution in [1.29, 1.82) is 0 Å². The fraction of sp³-hybridized carbons (Fsp3) is 0.645. The van der Waals surface area contributed by atoms with Crippen molar-refractivity contribution in [3.8, 4) is 11.1 Å². The molecule has 8 N–H and O–H groups in total.